The zero-order chi connectivity index (χ0) is 24.9. The topological polar surface area (TPSA) is 117 Å². The summed E-state index contributed by atoms with van der Waals surface area (Å²) in [6.07, 6.45) is 4.02. The summed E-state index contributed by atoms with van der Waals surface area (Å²) in [6, 6.07) is 4.95. The minimum atomic E-state index is -1.06. The van der Waals surface area contributed by atoms with Crippen LogP contribution < -0.4 is 20.7 Å². The number of para-hydroxylation sites is 1. The van der Waals surface area contributed by atoms with Crippen molar-refractivity contribution in [1.29, 1.82) is 0 Å². The first kappa shape index (κ1) is 25.0. The van der Waals surface area contributed by atoms with Gasteiger partial charge in [-0.25, -0.2) is 0 Å². The van der Waals surface area contributed by atoms with Crippen LogP contribution >= 0.6 is 0 Å². The molecule has 1 saturated heterocycles. The summed E-state index contributed by atoms with van der Waals surface area (Å²) in [5, 5.41) is 8.44. The molecule has 9 heteroatoms. The summed E-state index contributed by atoms with van der Waals surface area (Å²) in [5.74, 6) is -0.410. The molecule has 9 nitrogen and oxygen atoms in total. The molecule has 0 radical (unpaired) electrons. The molecule has 1 aromatic carbocycles. The van der Waals surface area contributed by atoms with E-state index in [1.54, 1.807) is 29.2 Å². The van der Waals surface area contributed by atoms with Gasteiger partial charge in [-0.05, 0) is 56.1 Å². The van der Waals surface area contributed by atoms with Crippen LogP contribution in [0.1, 0.15) is 62.7 Å². The second-order valence-electron chi connectivity index (χ2n) is 10.3. The van der Waals surface area contributed by atoms with Crippen molar-refractivity contribution in [3.05, 3.63) is 29.8 Å². The van der Waals surface area contributed by atoms with E-state index in [4.69, 9.17) is 4.74 Å². The molecule has 3 atom stereocenters. The minimum Gasteiger partial charge on any atom is -0.491 e. The molecule has 3 aliphatic rings. The Morgan fingerprint density at radius 2 is 1.91 bits per heavy atom. The van der Waals surface area contributed by atoms with Crippen molar-refractivity contribution < 1.29 is 23.9 Å². The molecule has 4 rings (SSSR count). The standard InChI is InChI=1S/C26H36N4O5/c1-16(2)12-21-26(34)30-11-5-6-18(30)15-35-22-8-4-3-7-19(22)24(32)29-20(13-23(31)28-21)25(33)27-14-17-9-10-17/h3-4,7-8,16-18,20-21H,5-6,9-15H2,1-2H3,(H,27,33)(H,28,31)(H,29,32)/t18-,20+,21+/m1/s1. The molecule has 0 aromatic heterocycles. The Kier molecular flexibility index (Phi) is 7.93. The zero-order valence-corrected chi connectivity index (χ0v) is 20.5. The molecule has 2 fully saturated rings. The van der Waals surface area contributed by atoms with Crippen molar-refractivity contribution >= 4 is 23.6 Å². The Morgan fingerprint density at radius 1 is 1.14 bits per heavy atom. The third-order valence-corrected chi connectivity index (χ3v) is 6.84. The molecule has 3 N–H and O–H groups in total. The van der Waals surface area contributed by atoms with Crippen LogP contribution in [-0.2, 0) is 14.4 Å². The second kappa shape index (κ2) is 11.1. The van der Waals surface area contributed by atoms with Gasteiger partial charge in [0.25, 0.3) is 5.91 Å². The van der Waals surface area contributed by atoms with Gasteiger partial charge in [0.2, 0.25) is 17.7 Å². The van der Waals surface area contributed by atoms with Gasteiger partial charge in [0.15, 0.2) is 0 Å². The Morgan fingerprint density at radius 3 is 2.66 bits per heavy atom. The van der Waals surface area contributed by atoms with E-state index < -0.39 is 29.8 Å². The Hall–Kier alpha value is -3.10. The molecule has 2 heterocycles. The molecule has 4 amide bonds. The van der Waals surface area contributed by atoms with Crippen LogP contribution in [-0.4, -0.2) is 66.4 Å². The fourth-order valence-electron chi connectivity index (χ4n) is 4.73. The van der Waals surface area contributed by atoms with Crippen LogP contribution in [0.15, 0.2) is 24.3 Å². The smallest absolute Gasteiger partial charge is 0.255 e. The highest BCUT2D eigenvalue weighted by Gasteiger charge is 2.36. The lowest BCUT2D eigenvalue weighted by Gasteiger charge is -2.31. The van der Waals surface area contributed by atoms with Gasteiger partial charge in [-0.2, -0.15) is 0 Å². The highest BCUT2D eigenvalue weighted by molar-refractivity contribution is 6.01. The van der Waals surface area contributed by atoms with Crippen molar-refractivity contribution in [3.8, 4) is 5.75 Å². The largest absolute Gasteiger partial charge is 0.491 e. The quantitative estimate of drug-likeness (QED) is 0.587. The number of nitrogens with zero attached hydrogens (tertiary/aromatic N) is 1. The van der Waals surface area contributed by atoms with Gasteiger partial charge < -0.3 is 25.6 Å². The van der Waals surface area contributed by atoms with Gasteiger partial charge in [0.05, 0.1) is 18.0 Å². The summed E-state index contributed by atoms with van der Waals surface area (Å²) in [4.78, 5) is 54.4. The summed E-state index contributed by atoms with van der Waals surface area (Å²) in [5.41, 5.74) is 0.290. The van der Waals surface area contributed by atoms with Crippen molar-refractivity contribution in [2.75, 3.05) is 19.7 Å². The maximum Gasteiger partial charge on any atom is 0.255 e. The number of hydrogen-bond acceptors (Lipinski definition) is 5. The molecule has 0 unspecified atom stereocenters. The van der Waals surface area contributed by atoms with Gasteiger partial charge in [-0.15, -0.1) is 0 Å². The summed E-state index contributed by atoms with van der Waals surface area (Å²) in [6.45, 7) is 5.38. The van der Waals surface area contributed by atoms with E-state index in [1.807, 2.05) is 13.8 Å². The molecule has 0 spiro atoms. The third-order valence-electron chi connectivity index (χ3n) is 6.84. The molecular formula is C26H36N4O5. The lowest BCUT2D eigenvalue weighted by atomic mass is 10.0. The molecule has 1 saturated carbocycles. The van der Waals surface area contributed by atoms with Crippen LogP contribution in [0.5, 0.6) is 5.75 Å². The van der Waals surface area contributed by atoms with E-state index in [9.17, 15) is 19.2 Å². The molecular weight excluding hydrogens is 448 g/mol. The van der Waals surface area contributed by atoms with E-state index in [1.165, 1.54) is 0 Å². The number of amides is 4. The van der Waals surface area contributed by atoms with Gasteiger partial charge >= 0.3 is 0 Å². The number of carbonyl (C=O) groups is 4. The van der Waals surface area contributed by atoms with Crippen LogP contribution in [0.2, 0.25) is 0 Å². The maximum atomic E-state index is 13.5. The summed E-state index contributed by atoms with van der Waals surface area (Å²) in [7, 11) is 0. The normalized spacial score (nSPS) is 25.6. The predicted molar refractivity (Wildman–Crippen MR) is 130 cm³/mol. The van der Waals surface area contributed by atoms with E-state index in [-0.39, 0.29) is 30.9 Å². The van der Waals surface area contributed by atoms with Crippen molar-refractivity contribution in [2.24, 2.45) is 11.8 Å². The average molecular weight is 485 g/mol. The highest BCUT2D eigenvalue weighted by atomic mass is 16.5. The Labute approximate surface area is 206 Å². The van der Waals surface area contributed by atoms with Crippen LogP contribution in [0, 0.1) is 11.8 Å². The number of ether oxygens (including phenoxy) is 1. The SMILES string of the molecule is CC(C)C[C@@H]1NC(=O)C[C@@H](C(=O)NCC2CC2)NC(=O)c2ccccc2OC[C@H]2CCCN2C1=O. The van der Waals surface area contributed by atoms with Crippen LogP contribution in [0.4, 0.5) is 0 Å². The number of fused-ring (bicyclic) bond motifs is 2. The third kappa shape index (κ3) is 6.52. The lowest BCUT2D eigenvalue weighted by Crippen LogP contribution is -2.54. The predicted octanol–water partition coefficient (Wildman–Crippen LogP) is 1.62. The molecule has 2 aliphatic heterocycles. The summed E-state index contributed by atoms with van der Waals surface area (Å²) < 4.78 is 6.04. The van der Waals surface area contributed by atoms with E-state index in [0.717, 1.165) is 25.7 Å². The number of hydrogen-bond donors (Lipinski definition) is 3. The number of rotatable bonds is 5. The Balaban J connectivity index is 1.61. The molecule has 190 valence electrons. The van der Waals surface area contributed by atoms with Gasteiger partial charge in [-0.1, -0.05) is 26.0 Å². The molecule has 0 bridgehead atoms. The van der Waals surface area contributed by atoms with E-state index in [2.05, 4.69) is 16.0 Å². The van der Waals surface area contributed by atoms with Gasteiger partial charge in [-0.3, -0.25) is 19.2 Å². The fraction of sp³-hybridized carbons (Fsp3) is 0.615. The lowest BCUT2D eigenvalue weighted by molar-refractivity contribution is -0.138. The fourth-order valence-corrected chi connectivity index (χ4v) is 4.73. The minimum absolute atomic E-state index is 0.123. The molecule has 35 heavy (non-hydrogen) atoms. The van der Waals surface area contributed by atoms with Crippen molar-refractivity contribution in [1.82, 2.24) is 20.9 Å². The molecule has 1 aliphatic carbocycles. The molecule has 1 aromatic rings. The monoisotopic (exact) mass is 484 g/mol. The zero-order valence-electron chi connectivity index (χ0n) is 20.5. The second-order valence-corrected chi connectivity index (χ2v) is 10.3. The van der Waals surface area contributed by atoms with Gasteiger partial charge in [0.1, 0.15) is 24.4 Å². The number of carbonyl (C=O) groups excluding carboxylic acids is 4. The Bertz CT molecular complexity index is 961. The van der Waals surface area contributed by atoms with Crippen LogP contribution in [0.3, 0.4) is 0 Å². The first-order chi connectivity index (χ1) is 16.8. The average Bonchev–Trinajstić information content (AvgIpc) is 3.54. The maximum absolute atomic E-state index is 13.5. The first-order valence-electron chi connectivity index (χ1n) is 12.7. The van der Waals surface area contributed by atoms with E-state index >= 15 is 0 Å². The van der Waals surface area contributed by atoms with Crippen molar-refractivity contribution in [2.45, 2.75) is 70.5 Å². The van der Waals surface area contributed by atoms with E-state index in [0.29, 0.717) is 36.7 Å². The number of benzene rings is 1. The highest BCUT2D eigenvalue weighted by Crippen LogP contribution is 2.28. The first-order valence-corrected chi connectivity index (χ1v) is 12.7. The summed E-state index contributed by atoms with van der Waals surface area (Å²) >= 11 is 0. The van der Waals surface area contributed by atoms with Crippen LogP contribution in [0.25, 0.3) is 0 Å². The van der Waals surface area contributed by atoms with Crippen molar-refractivity contribution in [3.63, 3.8) is 0 Å². The van der Waals surface area contributed by atoms with Gasteiger partial charge in [0, 0.05) is 13.1 Å². The number of nitrogens with one attached hydrogen (secondary N) is 3.